The van der Waals surface area contributed by atoms with Crippen molar-refractivity contribution in [1.82, 2.24) is 0 Å². The molecular weight excluding hydrogens is 308 g/mol. The zero-order chi connectivity index (χ0) is 13.3. The molecule has 1 aromatic rings. The van der Waals surface area contributed by atoms with Crippen molar-refractivity contribution >= 4 is 21.7 Å². The normalized spacial score (nSPS) is 25.9. The van der Waals surface area contributed by atoms with Crippen molar-refractivity contribution in [2.24, 2.45) is 5.92 Å². The first kappa shape index (κ1) is 13.3. The Labute approximate surface area is 121 Å². The van der Waals surface area contributed by atoms with Crippen LogP contribution in [0.25, 0.3) is 0 Å². The Balaban J connectivity index is 1.73. The summed E-state index contributed by atoms with van der Waals surface area (Å²) >= 11 is 3.47. The van der Waals surface area contributed by atoms with Crippen LogP contribution in [0.5, 0.6) is 0 Å². The van der Waals surface area contributed by atoms with Crippen molar-refractivity contribution in [3.63, 3.8) is 0 Å². The van der Waals surface area contributed by atoms with Gasteiger partial charge in [0, 0.05) is 29.7 Å². The lowest BCUT2D eigenvalue weighted by atomic mass is 9.80. The molecule has 1 aromatic carbocycles. The second-order valence-corrected chi connectivity index (χ2v) is 6.22. The molecule has 2 fully saturated rings. The van der Waals surface area contributed by atoms with Crippen molar-refractivity contribution in [2.45, 2.75) is 31.5 Å². The molecule has 1 saturated carbocycles. The van der Waals surface area contributed by atoms with E-state index in [1.807, 2.05) is 12.1 Å². The second kappa shape index (κ2) is 5.35. The number of ether oxygens (including phenoxy) is 2. The lowest BCUT2D eigenvalue weighted by Gasteiger charge is -2.35. The summed E-state index contributed by atoms with van der Waals surface area (Å²) in [4.78, 5) is 12.1. The molecule has 1 unspecified atom stereocenters. The Morgan fingerprint density at radius 3 is 2.84 bits per heavy atom. The smallest absolute Gasteiger partial charge is 0.169 e. The summed E-state index contributed by atoms with van der Waals surface area (Å²) in [6.45, 7) is 1.30. The molecule has 4 heteroatoms. The van der Waals surface area contributed by atoms with Crippen LogP contribution in [0.1, 0.15) is 24.8 Å². The molecular formula is C15H17BrO3. The fourth-order valence-electron chi connectivity index (χ4n) is 3.00. The van der Waals surface area contributed by atoms with Gasteiger partial charge < -0.3 is 9.47 Å². The SMILES string of the molecule is O=C1CCC2(CC1Cc1cccc(Br)c1)OCCO2. The zero-order valence-corrected chi connectivity index (χ0v) is 12.3. The lowest BCUT2D eigenvalue weighted by Crippen LogP contribution is -2.41. The number of ketones is 1. The van der Waals surface area contributed by atoms with E-state index in [0.29, 0.717) is 38.3 Å². The van der Waals surface area contributed by atoms with Gasteiger partial charge >= 0.3 is 0 Å². The highest BCUT2D eigenvalue weighted by Crippen LogP contribution is 2.38. The van der Waals surface area contributed by atoms with Crippen LogP contribution in [0.4, 0.5) is 0 Å². The predicted molar refractivity (Wildman–Crippen MR) is 74.8 cm³/mol. The molecule has 3 nitrogen and oxygen atoms in total. The monoisotopic (exact) mass is 324 g/mol. The maximum absolute atomic E-state index is 12.1. The van der Waals surface area contributed by atoms with E-state index in [2.05, 4.69) is 28.1 Å². The molecule has 0 N–H and O–H groups in total. The molecule has 102 valence electrons. The van der Waals surface area contributed by atoms with Crippen LogP contribution in [0, 0.1) is 5.92 Å². The molecule has 19 heavy (non-hydrogen) atoms. The first-order valence-electron chi connectivity index (χ1n) is 6.72. The minimum absolute atomic E-state index is 0.0150. The van der Waals surface area contributed by atoms with E-state index in [1.54, 1.807) is 0 Å². The Bertz CT molecular complexity index is 480. The van der Waals surface area contributed by atoms with Gasteiger partial charge in [-0.1, -0.05) is 28.1 Å². The van der Waals surface area contributed by atoms with Crippen molar-refractivity contribution in [1.29, 1.82) is 0 Å². The molecule has 1 aliphatic heterocycles. The number of Topliss-reactive ketones (excluding diaryl/α,β-unsaturated/α-hetero) is 1. The summed E-state index contributed by atoms with van der Waals surface area (Å²) in [6.07, 6.45) is 2.74. The average Bonchev–Trinajstić information content (AvgIpc) is 2.83. The van der Waals surface area contributed by atoms with Crippen LogP contribution in [0.3, 0.4) is 0 Å². The molecule has 0 amide bonds. The molecule has 0 bridgehead atoms. The fraction of sp³-hybridized carbons (Fsp3) is 0.533. The van der Waals surface area contributed by atoms with Gasteiger partial charge in [-0.2, -0.15) is 0 Å². The van der Waals surface area contributed by atoms with Crippen molar-refractivity contribution < 1.29 is 14.3 Å². The third kappa shape index (κ3) is 2.91. The van der Waals surface area contributed by atoms with Crippen LogP contribution >= 0.6 is 15.9 Å². The molecule has 1 aliphatic carbocycles. The Kier molecular flexibility index (Phi) is 3.74. The zero-order valence-electron chi connectivity index (χ0n) is 10.7. The largest absolute Gasteiger partial charge is 0.347 e. The topological polar surface area (TPSA) is 35.5 Å². The first-order valence-corrected chi connectivity index (χ1v) is 7.51. The summed E-state index contributed by atoms with van der Waals surface area (Å²) in [7, 11) is 0. The van der Waals surface area contributed by atoms with Gasteiger partial charge in [0.1, 0.15) is 5.78 Å². The molecule has 1 heterocycles. The standard InChI is InChI=1S/C15H17BrO3/c16-13-3-1-2-11(9-13)8-12-10-15(5-4-14(12)17)18-6-7-19-15/h1-3,9,12H,4-8,10H2. The number of carbonyl (C=O) groups is 1. The molecule has 1 saturated heterocycles. The number of hydrogen-bond donors (Lipinski definition) is 0. The molecule has 2 aliphatic rings. The highest BCUT2D eigenvalue weighted by molar-refractivity contribution is 9.10. The van der Waals surface area contributed by atoms with Crippen LogP contribution in [-0.4, -0.2) is 24.8 Å². The van der Waals surface area contributed by atoms with Gasteiger partial charge in [-0.25, -0.2) is 0 Å². The maximum atomic E-state index is 12.1. The van der Waals surface area contributed by atoms with Gasteiger partial charge in [-0.15, -0.1) is 0 Å². The second-order valence-electron chi connectivity index (χ2n) is 5.31. The van der Waals surface area contributed by atoms with E-state index >= 15 is 0 Å². The van der Waals surface area contributed by atoms with Crippen LogP contribution < -0.4 is 0 Å². The molecule has 0 radical (unpaired) electrons. The van der Waals surface area contributed by atoms with Gasteiger partial charge in [0.2, 0.25) is 0 Å². The molecule has 1 spiro atoms. The van der Waals surface area contributed by atoms with Crippen molar-refractivity contribution in [2.75, 3.05) is 13.2 Å². The van der Waals surface area contributed by atoms with Crippen LogP contribution in [0.15, 0.2) is 28.7 Å². The van der Waals surface area contributed by atoms with E-state index in [0.717, 1.165) is 10.9 Å². The summed E-state index contributed by atoms with van der Waals surface area (Å²) < 4.78 is 12.5. The average molecular weight is 325 g/mol. The van der Waals surface area contributed by atoms with Gasteiger partial charge in [0.25, 0.3) is 0 Å². The van der Waals surface area contributed by atoms with Crippen LogP contribution in [0.2, 0.25) is 0 Å². The van der Waals surface area contributed by atoms with Gasteiger partial charge in [-0.05, 0) is 24.1 Å². The van der Waals surface area contributed by atoms with E-state index in [-0.39, 0.29) is 5.92 Å². The molecule has 0 aromatic heterocycles. The molecule has 1 atom stereocenters. The number of benzene rings is 1. The van der Waals surface area contributed by atoms with Gasteiger partial charge in [0.05, 0.1) is 13.2 Å². The van der Waals surface area contributed by atoms with Crippen molar-refractivity contribution in [3.05, 3.63) is 34.3 Å². The Morgan fingerprint density at radius 2 is 2.11 bits per heavy atom. The molecule has 3 rings (SSSR count). The number of carbonyl (C=O) groups excluding carboxylic acids is 1. The quantitative estimate of drug-likeness (QED) is 0.838. The minimum atomic E-state index is -0.482. The first-order chi connectivity index (χ1) is 9.17. The number of halogens is 1. The van der Waals surface area contributed by atoms with E-state index in [4.69, 9.17) is 9.47 Å². The highest BCUT2D eigenvalue weighted by Gasteiger charge is 2.44. The Morgan fingerprint density at radius 1 is 1.32 bits per heavy atom. The number of rotatable bonds is 2. The summed E-state index contributed by atoms with van der Waals surface area (Å²) in [5, 5.41) is 0. The predicted octanol–water partition coefficient (Wildman–Crippen LogP) is 3.10. The van der Waals surface area contributed by atoms with Gasteiger partial charge in [0.15, 0.2) is 5.79 Å². The Hall–Kier alpha value is -0.710. The van der Waals surface area contributed by atoms with Gasteiger partial charge in [-0.3, -0.25) is 4.79 Å². The fourth-order valence-corrected chi connectivity index (χ4v) is 3.45. The van der Waals surface area contributed by atoms with E-state index in [1.165, 1.54) is 5.56 Å². The summed E-state index contributed by atoms with van der Waals surface area (Å²) in [5.74, 6) is -0.129. The van der Waals surface area contributed by atoms with Crippen LogP contribution in [-0.2, 0) is 20.7 Å². The lowest BCUT2D eigenvalue weighted by molar-refractivity contribution is -0.189. The third-order valence-electron chi connectivity index (χ3n) is 3.95. The number of hydrogen-bond acceptors (Lipinski definition) is 3. The third-order valence-corrected chi connectivity index (χ3v) is 4.44. The minimum Gasteiger partial charge on any atom is -0.347 e. The van der Waals surface area contributed by atoms with E-state index in [9.17, 15) is 4.79 Å². The maximum Gasteiger partial charge on any atom is 0.169 e. The summed E-state index contributed by atoms with van der Waals surface area (Å²) in [6, 6.07) is 8.14. The van der Waals surface area contributed by atoms with E-state index < -0.39 is 5.79 Å². The summed E-state index contributed by atoms with van der Waals surface area (Å²) in [5.41, 5.74) is 1.18. The highest BCUT2D eigenvalue weighted by atomic mass is 79.9. The van der Waals surface area contributed by atoms with Crippen molar-refractivity contribution in [3.8, 4) is 0 Å².